The van der Waals surface area contributed by atoms with Crippen molar-refractivity contribution in [2.75, 3.05) is 13.2 Å². The van der Waals surface area contributed by atoms with Crippen molar-refractivity contribution in [1.29, 1.82) is 0 Å². The molecule has 0 radical (unpaired) electrons. The van der Waals surface area contributed by atoms with Gasteiger partial charge in [0, 0.05) is 30.1 Å². The molecule has 1 aliphatic rings. The summed E-state index contributed by atoms with van der Waals surface area (Å²) in [7, 11) is 0. The molecule has 0 amide bonds. The standard InChI is InChI=1S/C12H20N2OS/c1-10-7-12(9-13,4-5-15-10)14-8-11-3-2-6-16-11/h2-3,6,10,14H,4-5,7-9,13H2,1H3. The number of nitrogens with two attached hydrogens (primary N) is 1. The SMILES string of the molecule is CC1CC(CN)(NCc2cccs2)CCO1. The van der Waals surface area contributed by atoms with Crippen molar-refractivity contribution in [2.24, 2.45) is 5.73 Å². The van der Waals surface area contributed by atoms with E-state index in [1.807, 2.05) is 0 Å². The summed E-state index contributed by atoms with van der Waals surface area (Å²) in [6, 6.07) is 4.24. The fourth-order valence-corrected chi connectivity index (χ4v) is 2.92. The van der Waals surface area contributed by atoms with Gasteiger partial charge in [-0.25, -0.2) is 0 Å². The first kappa shape index (κ1) is 12.0. The molecule has 90 valence electrons. The van der Waals surface area contributed by atoms with Gasteiger partial charge in [0.1, 0.15) is 0 Å². The van der Waals surface area contributed by atoms with Gasteiger partial charge in [-0.15, -0.1) is 11.3 Å². The van der Waals surface area contributed by atoms with Gasteiger partial charge in [0.25, 0.3) is 0 Å². The predicted octanol–water partition coefficient (Wildman–Crippen LogP) is 1.73. The lowest BCUT2D eigenvalue weighted by molar-refractivity contribution is -0.0166. The smallest absolute Gasteiger partial charge is 0.0565 e. The van der Waals surface area contributed by atoms with Gasteiger partial charge < -0.3 is 15.8 Å². The van der Waals surface area contributed by atoms with E-state index in [1.54, 1.807) is 11.3 Å². The molecule has 16 heavy (non-hydrogen) atoms. The lowest BCUT2D eigenvalue weighted by Gasteiger charge is -2.40. The Balaban J connectivity index is 1.93. The maximum absolute atomic E-state index is 5.93. The van der Waals surface area contributed by atoms with Crippen LogP contribution < -0.4 is 11.1 Å². The molecule has 3 N–H and O–H groups in total. The molecule has 1 aromatic rings. The van der Waals surface area contributed by atoms with Gasteiger partial charge in [-0.05, 0) is 31.2 Å². The van der Waals surface area contributed by atoms with E-state index in [9.17, 15) is 0 Å². The van der Waals surface area contributed by atoms with E-state index in [4.69, 9.17) is 10.5 Å². The first-order chi connectivity index (χ1) is 7.74. The van der Waals surface area contributed by atoms with Gasteiger partial charge in [0.15, 0.2) is 0 Å². The molecule has 2 unspecified atom stereocenters. The Bertz CT molecular complexity index is 315. The number of hydrogen-bond acceptors (Lipinski definition) is 4. The maximum atomic E-state index is 5.93. The molecule has 1 aromatic heterocycles. The molecule has 1 fully saturated rings. The van der Waals surface area contributed by atoms with Crippen molar-refractivity contribution in [2.45, 2.75) is 38.0 Å². The van der Waals surface area contributed by atoms with Gasteiger partial charge in [-0.1, -0.05) is 6.07 Å². The second-order valence-corrected chi connectivity index (χ2v) is 5.59. The van der Waals surface area contributed by atoms with Crippen LogP contribution >= 0.6 is 11.3 Å². The van der Waals surface area contributed by atoms with Gasteiger partial charge in [0.05, 0.1) is 6.10 Å². The molecule has 0 bridgehead atoms. The molecule has 0 aliphatic carbocycles. The van der Waals surface area contributed by atoms with Crippen molar-refractivity contribution >= 4 is 11.3 Å². The summed E-state index contributed by atoms with van der Waals surface area (Å²) >= 11 is 1.79. The number of nitrogens with one attached hydrogen (secondary N) is 1. The minimum absolute atomic E-state index is 0.0711. The molecule has 1 aliphatic heterocycles. The first-order valence-corrected chi connectivity index (χ1v) is 6.71. The normalized spacial score (nSPS) is 30.5. The van der Waals surface area contributed by atoms with Crippen LogP contribution in [0.25, 0.3) is 0 Å². The predicted molar refractivity (Wildman–Crippen MR) is 67.6 cm³/mol. The number of thiophene rings is 1. The highest BCUT2D eigenvalue weighted by Crippen LogP contribution is 2.24. The molecule has 2 atom stereocenters. The molecular formula is C12H20N2OS. The summed E-state index contributed by atoms with van der Waals surface area (Å²) in [6.45, 7) is 4.54. The van der Waals surface area contributed by atoms with Crippen molar-refractivity contribution < 1.29 is 4.74 Å². The molecule has 2 rings (SSSR count). The Hall–Kier alpha value is -0.420. The average molecular weight is 240 g/mol. The van der Waals surface area contributed by atoms with E-state index in [0.717, 1.165) is 26.0 Å². The summed E-state index contributed by atoms with van der Waals surface area (Å²) in [5.74, 6) is 0. The van der Waals surface area contributed by atoms with Crippen molar-refractivity contribution in [3.05, 3.63) is 22.4 Å². The highest BCUT2D eigenvalue weighted by molar-refractivity contribution is 7.09. The Morgan fingerprint density at radius 3 is 3.19 bits per heavy atom. The summed E-state index contributed by atoms with van der Waals surface area (Å²) in [5.41, 5.74) is 6.00. The fourth-order valence-electron chi connectivity index (χ4n) is 2.27. The van der Waals surface area contributed by atoms with Crippen LogP contribution in [0.4, 0.5) is 0 Å². The second kappa shape index (κ2) is 5.27. The van der Waals surface area contributed by atoms with Crippen molar-refractivity contribution in [3.63, 3.8) is 0 Å². The van der Waals surface area contributed by atoms with E-state index in [1.165, 1.54) is 4.88 Å². The summed E-state index contributed by atoms with van der Waals surface area (Å²) in [4.78, 5) is 1.37. The summed E-state index contributed by atoms with van der Waals surface area (Å²) < 4.78 is 5.58. The lowest BCUT2D eigenvalue weighted by Crippen LogP contribution is -2.55. The summed E-state index contributed by atoms with van der Waals surface area (Å²) in [6.07, 6.45) is 2.34. The van der Waals surface area contributed by atoms with E-state index >= 15 is 0 Å². The van der Waals surface area contributed by atoms with Crippen molar-refractivity contribution in [3.8, 4) is 0 Å². The van der Waals surface area contributed by atoms with Crippen LogP contribution in [0, 0.1) is 0 Å². The van der Waals surface area contributed by atoms with E-state index < -0.39 is 0 Å². The third-order valence-electron chi connectivity index (χ3n) is 3.27. The quantitative estimate of drug-likeness (QED) is 0.842. The third kappa shape index (κ3) is 2.83. The second-order valence-electron chi connectivity index (χ2n) is 4.55. The molecule has 2 heterocycles. The lowest BCUT2D eigenvalue weighted by atomic mass is 9.87. The largest absolute Gasteiger partial charge is 0.378 e. The molecule has 4 heteroatoms. The van der Waals surface area contributed by atoms with Gasteiger partial charge in [-0.3, -0.25) is 0 Å². The number of ether oxygens (including phenoxy) is 1. The van der Waals surface area contributed by atoms with E-state index in [0.29, 0.717) is 12.6 Å². The minimum atomic E-state index is 0.0711. The summed E-state index contributed by atoms with van der Waals surface area (Å²) in [5, 5.41) is 5.73. The monoisotopic (exact) mass is 240 g/mol. The Morgan fingerprint density at radius 2 is 2.56 bits per heavy atom. The average Bonchev–Trinajstić information content (AvgIpc) is 2.79. The van der Waals surface area contributed by atoms with E-state index in [2.05, 4.69) is 29.8 Å². The van der Waals surface area contributed by atoms with Crippen LogP contribution in [0.5, 0.6) is 0 Å². The zero-order chi connectivity index (χ0) is 11.4. The number of hydrogen-bond donors (Lipinski definition) is 2. The van der Waals surface area contributed by atoms with Gasteiger partial charge in [-0.2, -0.15) is 0 Å². The van der Waals surface area contributed by atoms with Crippen LogP contribution in [0.15, 0.2) is 17.5 Å². The molecule has 3 nitrogen and oxygen atoms in total. The number of rotatable bonds is 4. The minimum Gasteiger partial charge on any atom is -0.378 e. The Morgan fingerprint density at radius 1 is 1.69 bits per heavy atom. The molecule has 0 saturated carbocycles. The van der Waals surface area contributed by atoms with E-state index in [-0.39, 0.29) is 5.54 Å². The Kier molecular flexibility index (Phi) is 3.97. The van der Waals surface area contributed by atoms with Gasteiger partial charge in [0.2, 0.25) is 0 Å². The fraction of sp³-hybridized carbons (Fsp3) is 0.667. The first-order valence-electron chi connectivity index (χ1n) is 5.83. The molecule has 0 spiro atoms. The van der Waals surface area contributed by atoms with Crippen LogP contribution in [0.3, 0.4) is 0 Å². The highest BCUT2D eigenvalue weighted by Gasteiger charge is 2.33. The maximum Gasteiger partial charge on any atom is 0.0565 e. The van der Waals surface area contributed by atoms with Gasteiger partial charge >= 0.3 is 0 Å². The van der Waals surface area contributed by atoms with Crippen LogP contribution in [-0.4, -0.2) is 24.8 Å². The zero-order valence-electron chi connectivity index (χ0n) is 9.74. The topological polar surface area (TPSA) is 47.3 Å². The Labute approximate surface area is 101 Å². The molecular weight excluding hydrogens is 220 g/mol. The molecule has 0 aromatic carbocycles. The van der Waals surface area contributed by atoms with Crippen molar-refractivity contribution in [1.82, 2.24) is 5.32 Å². The molecule has 1 saturated heterocycles. The zero-order valence-corrected chi connectivity index (χ0v) is 10.6. The third-order valence-corrected chi connectivity index (χ3v) is 4.15. The van der Waals surface area contributed by atoms with Crippen LogP contribution in [0.2, 0.25) is 0 Å². The van der Waals surface area contributed by atoms with Crippen LogP contribution in [0.1, 0.15) is 24.6 Å². The highest BCUT2D eigenvalue weighted by atomic mass is 32.1. The van der Waals surface area contributed by atoms with Crippen LogP contribution in [-0.2, 0) is 11.3 Å².